The lowest BCUT2D eigenvalue weighted by atomic mass is 10.2. The first kappa shape index (κ1) is 5.69. The van der Waals surface area contributed by atoms with Crippen LogP contribution in [0.4, 0.5) is 8.78 Å². The van der Waals surface area contributed by atoms with Crippen molar-refractivity contribution in [3.05, 3.63) is 17.5 Å². The van der Waals surface area contributed by atoms with E-state index >= 15 is 0 Å². The molecule has 0 saturated heterocycles. The van der Waals surface area contributed by atoms with Crippen LogP contribution in [0.25, 0.3) is 0 Å². The highest BCUT2D eigenvalue weighted by molar-refractivity contribution is 5.40. The van der Waals surface area contributed by atoms with Gasteiger partial charge < -0.3 is 0 Å². The highest BCUT2D eigenvalue weighted by Crippen LogP contribution is 2.66. The van der Waals surface area contributed by atoms with E-state index in [1.165, 1.54) is 6.20 Å². The lowest BCUT2D eigenvalue weighted by molar-refractivity contribution is -0.0268. The Morgan fingerprint density at radius 2 is 2.45 bits per heavy atom. The molecule has 1 aromatic rings. The summed E-state index contributed by atoms with van der Waals surface area (Å²) in [6.07, 6.45) is 2.17. The number of hydrogen-bond donors (Lipinski definition) is 1. The summed E-state index contributed by atoms with van der Waals surface area (Å²) in [5.41, 5.74) is 0.791. The van der Waals surface area contributed by atoms with Crippen LogP contribution in [0.5, 0.6) is 0 Å². The molecule has 0 spiro atoms. The van der Waals surface area contributed by atoms with E-state index in [1.54, 1.807) is 0 Å². The first-order valence-corrected chi connectivity index (χ1v) is 3.63. The largest absolute Gasteiger partial charge is 0.292 e. The average Bonchev–Trinajstić information content (AvgIpc) is 2.54. The predicted octanol–water partition coefficient (Wildman–Crippen LogP) is 1.62. The van der Waals surface area contributed by atoms with E-state index in [1.807, 2.05) is 0 Å². The number of alkyl halides is 2. The Hall–Kier alpha value is -0.930. The number of H-pyrrole nitrogens is 1. The highest BCUT2D eigenvalue weighted by atomic mass is 19.3. The maximum Gasteiger partial charge on any atom is 0.292 e. The van der Waals surface area contributed by atoms with Crippen molar-refractivity contribution in [3.8, 4) is 0 Å². The van der Waals surface area contributed by atoms with Gasteiger partial charge in [0.05, 0.1) is 6.20 Å². The van der Waals surface area contributed by atoms with E-state index in [9.17, 15) is 8.78 Å². The topological polar surface area (TPSA) is 28.7 Å². The van der Waals surface area contributed by atoms with Crippen molar-refractivity contribution in [3.63, 3.8) is 0 Å². The molecule has 11 heavy (non-hydrogen) atoms. The van der Waals surface area contributed by atoms with Gasteiger partial charge in [0, 0.05) is 11.5 Å². The molecule has 0 amide bonds. The third-order valence-electron chi connectivity index (χ3n) is 2.66. The van der Waals surface area contributed by atoms with Crippen molar-refractivity contribution in [1.29, 1.82) is 0 Å². The van der Waals surface area contributed by atoms with Gasteiger partial charge in [0.1, 0.15) is 5.69 Å². The van der Waals surface area contributed by atoms with Crippen molar-refractivity contribution >= 4 is 0 Å². The summed E-state index contributed by atoms with van der Waals surface area (Å²) in [4.78, 5) is 0. The van der Waals surface area contributed by atoms with E-state index in [-0.39, 0.29) is 11.6 Å². The summed E-state index contributed by atoms with van der Waals surface area (Å²) in [5, 5.41) is 5.98. The van der Waals surface area contributed by atoms with Gasteiger partial charge in [-0.25, -0.2) is 0 Å². The van der Waals surface area contributed by atoms with Gasteiger partial charge in [0.2, 0.25) is 0 Å². The first-order valence-electron chi connectivity index (χ1n) is 3.63. The lowest BCUT2D eigenvalue weighted by Gasteiger charge is -2.09. The molecular weight excluding hydrogens is 150 g/mol. The molecule has 3 rings (SSSR count). The SMILES string of the molecule is FC1(F)c2[nH]ncc2[C@H]2C[C@H]21. The molecule has 0 aliphatic heterocycles. The normalized spacial score (nSPS) is 36.5. The third kappa shape index (κ3) is 0.470. The van der Waals surface area contributed by atoms with Crippen molar-refractivity contribution in [2.24, 2.45) is 5.92 Å². The van der Waals surface area contributed by atoms with Crippen molar-refractivity contribution in [1.82, 2.24) is 10.2 Å². The first-order chi connectivity index (χ1) is 5.21. The summed E-state index contributed by atoms with van der Waals surface area (Å²) < 4.78 is 26.3. The summed E-state index contributed by atoms with van der Waals surface area (Å²) in [6, 6.07) is 0. The molecule has 1 fully saturated rings. The van der Waals surface area contributed by atoms with E-state index in [0.717, 1.165) is 5.56 Å². The number of fused-ring (bicyclic) bond motifs is 3. The van der Waals surface area contributed by atoms with Crippen LogP contribution in [0.15, 0.2) is 6.20 Å². The van der Waals surface area contributed by atoms with Crippen molar-refractivity contribution < 1.29 is 8.78 Å². The Balaban J connectivity index is 2.26. The Morgan fingerprint density at radius 1 is 1.64 bits per heavy atom. The zero-order chi connectivity index (χ0) is 7.64. The lowest BCUT2D eigenvalue weighted by Crippen LogP contribution is -2.13. The molecule has 1 aromatic heterocycles. The number of halogens is 2. The standard InChI is InChI=1S/C7H6F2N2/c8-7(9)5-1-3(5)4-2-10-11-6(4)7/h2-3,5H,1H2,(H,10,11)/t3-,5-/m1/s1. The number of aromatic nitrogens is 2. The van der Waals surface area contributed by atoms with Gasteiger partial charge in [-0.1, -0.05) is 0 Å². The van der Waals surface area contributed by atoms with Gasteiger partial charge in [-0.2, -0.15) is 13.9 Å². The summed E-state index contributed by atoms with van der Waals surface area (Å²) in [5.74, 6) is -2.96. The average molecular weight is 156 g/mol. The van der Waals surface area contributed by atoms with Gasteiger partial charge >= 0.3 is 0 Å². The number of hydrogen-bond acceptors (Lipinski definition) is 1. The van der Waals surface area contributed by atoms with Gasteiger partial charge in [-0.3, -0.25) is 5.10 Å². The highest BCUT2D eigenvalue weighted by Gasteiger charge is 2.64. The Morgan fingerprint density at radius 3 is 3.18 bits per heavy atom. The van der Waals surface area contributed by atoms with E-state index in [0.29, 0.717) is 6.42 Å². The molecule has 1 saturated carbocycles. The fraction of sp³-hybridized carbons (Fsp3) is 0.571. The van der Waals surface area contributed by atoms with Crippen molar-refractivity contribution in [2.75, 3.05) is 0 Å². The van der Waals surface area contributed by atoms with Crippen LogP contribution in [-0.4, -0.2) is 10.2 Å². The maximum absolute atomic E-state index is 13.1. The maximum atomic E-state index is 13.1. The van der Waals surface area contributed by atoms with Gasteiger partial charge in [-0.15, -0.1) is 0 Å². The van der Waals surface area contributed by atoms with Gasteiger partial charge in [0.15, 0.2) is 0 Å². The van der Waals surface area contributed by atoms with Gasteiger partial charge in [-0.05, 0) is 12.3 Å². The summed E-state index contributed by atoms with van der Waals surface area (Å²) in [6.45, 7) is 0. The third-order valence-corrected chi connectivity index (χ3v) is 2.66. The molecule has 2 nitrogen and oxygen atoms in total. The fourth-order valence-corrected chi connectivity index (χ4v) is 1.97. The van der Waals surface area contributed by atoms with E-state index in [2.05, 4.69) is 10.2 Å². The Kier molecular flexibility index (Phi) is 0.688. The molecule has 2 atom stereocenters. The molecule has 58 valence electrons. The molecule has 0 bridgehead atoms. The molecule has 1 heterocycles. The minimum absolute atomic E-state index is 0.0544. The molecule has 4 heteroatoms. The number of aromatic amines is 1. The Labute approximate surface area is 61.6 Å². The summed E-state index contributed by atoms with van der Waals surface area (Å²) >= 11 is 0. The minimum atomic E-state index is -2.63. The van der Waals surface area contributed by atoms with E-state index in [4.69, 9.17) is 0 Å². The van der Waals surface area contributed by atoms with Crippen LogP contribution in [-0.2, 0) is 5.92 Å². The second-order valence-electron chi connectivity index (χ2n) is 3.27. The molecule has 2 aliphatic rings. The fourth-order valence-electron chi connectivity index (χ4n) is 1.97. The molecule has 0 unspecified atom stereocenters. The van der Waals surface area contributed by atoms with Crippen LogP contribution >= 0.6 is 0 Å². The number of nitrogens with one attached hydrogen (secondary N) is 1. The number of rotatable bonds is 0. The second-order valence-corrected chi connectivity index (χ2v) is 3.27. The molecule has 0 aromatic carbocycles. The predicted molar refractivity (Wildman–Crippen MR) is 33.3 cm³/mol. The van der Waals surface area contributed by atoms with Gasteiger partial charge in [0.25, 0.3) is 5.92 Å². The molecule has 1 N–H and O–H groups in total. The van der Waals surface area contributed by atoms with Crippen LogP contribution < -0.4 is 0 Å². The van der Waals surface area contributed by atoms with Crippen LogP contribution in [0.1, 0.15) is 23.6 Å². The van der Waals surface area contributed by atoms with Crippen LogP contribution in [0.3, 0.4) is 0 Å². The molecule has 0 radical (unpaired) electrons. The van der Waals surface area contributed by atoms with Crippen molar-refractivity contribution in [2.45, 2.75) is 18.3 Å². The Bertz CT molecular complexity index is 318. The van der Waals surface area contributed by atoms with Crippen LogP contribution in [0.2, 0.25) is 0 Å². The van der Waals surface area contributed by atoms with E-state index < -0.39 is 11.8 Å². The molecular formula is C7H6F2N2. The zero-order valence-corrected chi connectivity index (χ0v) is 5.64. The number of nitrogens with zero attached hydrogens (tertiary/aromatic N) is 1. The molecule has 2 aliphatic carbocycles. The minimum Gasteiger partial charge on any atom is -0.276 e. The zero-order valence-electron chi connectivity index (χ0n) is 5.64. The summed E-state index contributed by atoms with van der Waals surface area (Å²) in [7, 11) is 0. The second kappa shape index (κ2) is 1.33. The smallest absolute Gasteiger partial charge is 0.276 e. The monoisotopic (exact) mass is 156 g/mol. The van der Waals surface area contributed by atoms with Crippen LogP contribution in [0, 0.1) is 5.92 Å². The quantitative estimate of drug-likeness (QED) is 0.607.